The van der Waals surface area contributed by atoms with Crippen molar-refractivity contribution >= 4 is 11.6 Å². The van der Waals surface area contributed by atoms with E-state index in [0.717, 1.165) is 6.42 Å². The zero-order chi connectivity index (χ0) is 19.3. The fraction of sp³-hybridized carbons (Fsp3) is 0.895. The van der Waals surface area contributed by atoms with Crippen LogP contribution in [0, 0.1) is 34.5 Å². The summed E-state index contributed by atoms with van der Waals surface area (Å²) in [6.45, 7) is 3.77. The average molecular weight is 308 g/mol. The van der Waals surface area contributed by atoms with E-state index in [2.05, 4.69) is 0 Å². The number of aliphatic hydroxyl groups excluding tert-OH is 1. The highest BCUT2D eigenvalue weighted by molar-refractivity contribution is 5.95. The summed E-state index contributed by atoms with van der Waals surface area (Å²) in [5.74, 6) is -0.622. The van der Waals surface area contributed by atoms with Gasteiger partial charge < -0.3 is 5.11 Å². The van der Waals surface area contributed by atoms with Crippen molar-refractivity contribution in [2.45, 2.75) is 71.2 Å². The van der Waals surface area contributed by atoms with Crippen LogP contribution in [0.25, 0.3) is 0 Å². The Morgan fingerprint density at radius 1 is 1.23 bits per heavy atom. The van der Waals surface area contributed by atoms with Gasteiger partial charge in [-0.3, -0.25) is 9.59 Å². The summed E-state index contributed by atoms with van der Waals surface area (Å²) >= 11 is 0. The van der Waals surface area contributed by atoms with Crippen molar-refractivity contribution in [1.82, 2.24) is 0 Å². The van der Waals surface area contributed by atoms with E-state index < -0.39 is 41.5 Å². The predicted molar refractivity (Wildman–Crippen MR) is 83.1 cm³/mol. The summed E-state index contributed by atoms with van der Waals surface area (Å²) in [6, 6.07) is 0. The van der Waals surface area contributed by atoms with Crippen LogP contribution >= 0.6 is 0 Å². The first-order valence-electron chi connectivity index (χ1n) is 10.6. The van der Waals surface area contributed by atoms with Crippen LogP contribution in [0.4, 0.5) is 0 Å². The smallest absolute Gasteiger partial charge is 0.139 e. The molecule has 3 heteroatoms. The van der Waals surface area contributed by atoms with Crippen molar-refractivity contribution in [2.75, 3.05) is 0 Å². The summed E-state index contributed by atoms with van der Waals surface area (Å²) in [7, 11) is 0. The van der Waals surface area contributed by atoms with E-state index in [-0.39, 0.29) is 36.2 Å². The molecular formula is C19H28O3. The molecule has 0 radical (unpaired) electrons. The van der Waals surface area contributed by atoms with E-state index in [1.807, 2.05) is 13.8 Å². The molecule has 7 atom stereocenters. The Balaban J connectivity index is 1.79. The zero-order valence-electron chi connectivity index (χ0n) is 17.4. The molecule has 122 valence electrons. The fourth-order valence-electron chi connectivity index (χ4n) is 6.16. The van der Waals surface area contributed by atoms with Gasteiger partial charge in [0.1, 0.15) is 11.6 Å². The molecule has 0 aromatic rings. The normalized spacial score (nSPS) is 61.9. The minimum atomic E-state index is -2.07. The first kappa shape index (κ1) is 11.0. The number of ketones is 2. The molecule has 3 nitrogen and oxygen atoms in total. The van der Waals surface area contributed by atoms with E-state index in [1.165, 1.54) is 0 Å². The third-order valence-corrected chi connectivity index (χ3v) is 7.30. The maximum atomic E-state index is 13.2. The molecule has 4 fully saturated rings. The molecule has 0 aliphatic heterocycles. The van der Waals surface area contributed by atoms with Gasteiger partial charge in [-0.05, 0) is 61.6 Å². The Labute approximate surface area is 138 Å². The number of Topliss-reactive ketones (excluding diaryl/α,β-unsaturated/α-hetero) is 2. The van der Waals surface area contributed by atoms with E-state index >= 15 is 0 Å². The predicted octanol–water partition coefficient (Wildman–Crippen LogP) is 3.14. The summed E-state index contributed by atoms with van der Waals surface area (Å²) in [5.41, 5.74) is -1.41. The van der Waals surface area contributed by atoms with Crippen LogP contribution in [0.3, 0.4) is 0 Å². The Morgan fingerprint density at radius 2 is 2.00 bits per heavy atom. The third kappa shape index (κ3) is 1.78. The van der Waals surface area contributed by atoms with Crippen molar-refractivity contribution in [3.63, 3.8) is 0 Å². The Morgan fingerprint density at radius 3 is 2.77 bits per heavy atom. The van der Waals surface area contributed by atoms with Crippen LogP contribution in [0.1, 0.15) is 70.6 Å². The molecule has 0 saturated heterocycles. The summed E-state index contributed by atoms with van der Waals surface area (Å²) < 4.78 is 33.4. The van der Waals surface area contributed by atoms with Crippen molar-refractivity contribution in [2.24, 2.45) is 34.5 Å². The van der Waals surface area contributed by atoms with Crippen molar-refractivity contribution in [1.29, 1.82) is 0 Å². The summed E-state index contributed by atoms with van der Waals surface area (Å²) in [4.78, 5) is 25.7. The number of hydrogen-bond donors (Lipinski definition) is 1. The molecule has 0 aromatic heterocycles. The second-order valence-corrected chi connectivity index (χ2v) is 8.36. The highest BCUT2D eigenvalue weighted by Gasteiger charge is 2.63. The highest BCUT2D eigenvalue weighted by Crippen LogP contribution is 2.64. The Bertz CT molecular complexity index is 678. The Hall–Kier alpha value is -0.700. The first-order valence-corrected chi connectivity index (χ1v) is 8.60. The molecule has 1 N–H and O–H groups in total. The van der Waals surface area contributed by atoms with E-state index in [0.29, 0.717) is 19.3 Å². The SMILES string of the molecule is [2H]C1([2H])C[C@@]2(C)[C@H](CC[C@@H]3[C@@H]2C(=O)C[C@]2(C)C(=O)CC[C@@H]32)C([2H])([2H])[C@@H]1O. The van der Waals surface area contributed by atoms with Crippen molar-refractivity contribution < 1.29 is 20.2 Å². The number of aliphatic hydroxyl groups is 1. The molecule has 0 bridgehead atoms. The number of rotatable bonds is 0. The van der Waals surface area contributed by atoms with Gasteiger partial charge in [-0.25, -0.2) is 0 Å². The summed E-state index contributed by atoms with van der Waals surface area (Å²) in [5, 5.41) is 10.3. The number of fused-ring (bicyclic) bond motifs is 5. The molecular weight excluding hydrogens is 276 g/mol. The van der Waals surface area contributed by atoms with Crippen LogP contribution in [0.2, 0.25) is 0 Å². The zero-order valence-corrected chi connectivity index (χ0v) is 13.4. The molecule has 0 unspecified atom stereocenters. The number of carbonyl (C=O) groups is 2. The Kier molecular flexibility index (Phi) is 2.32. The lowest BCUT2D eigenvalue weighted by molar-refractivity contribution is -0.162. The number of carbonyl (C=O) groups excluding carboxylic acids is 2. The van der Waals surface area contributed by atoms with Gasteiger partial charge in [-0.15, -0.1) is 0 Å². The van der Waals surface area contributed by atoms with Crippen LogP contribution in [0.5, 0.6) is 0 Å². The minimum Gasteiger partial charge on any atom is -0.393 e. The van der Waals surface area contributed by atoms with E-state index in [9.17, 15) is 14.7 Å². The molecule has 0 heterocycles. The highest BCUT2D eigenvalue weighted by atomic mass is 16.3. The fourth-order valence-corrected chi connectivity index (χ4v) is 6.16. The minimum absolute atomic E-state index is 0.000750. The largest absolute Gasteiger partial charge is 0.393 e. The van der Waals surface area contributed by atoms with Gasteiger partial charge in [-0.1, -0.05) is 13.8 Å². The van der Waals surface area contributed by atoms with E-state index in [4.69, 9.17) is 5.48 Å². The lowest BCUT2D eigenvalue weighted by atomic mass is 9.45. The maximum Gasteiger partial charge on any atom is 0.139 e. The first-order chi connectivity index (χ1) is 11.9. The van der Waals surface area contributed by atoms with Crippen LogP contribution in [-0.2, 0) is 9.59 Å². The average Bonchev–Trinajstić information content (AvgIpc) is 2.79. The quantitative estimate of drug-likeness (QED) is 0.748. The molecule has 0 spiro atoms. The molecule has 0 amide bonds. The van der Waals surface area contributed by atoms with Crippen LogP contribution < -0.4 is 0 Å². The molecule has 4 saturated carbocycles. The lowest BCUT2D eigenvalue weighted by Gasteiger charge is -2.58. The lowest BCUT2D eigenvalue weighted by Crippen LogP contribution is -2.57. The number of hydrogen-bond acceptors (Lipinski definition) is 3. The van der Waals surface area contributed by atoms with Crippen molar-refractivity contribution in [3.8, 4) is 0 Å². The van der Waals surface area contributed by atoms with Gasteiger partial charge in [0.2, 0.25) is 0 Å². The second kappa shape index (κ2) is 4.66. The molecule has 22 heavy (non-hydrogen) atoms. The van der Waals surface area contributed by atoms with Crippen LogP contribution in [-0.4, -0.2) is 22.8 Å². The molecule has 4 aliphatic carbocycles. The molecule has 0 aromatic carbocycles. The topological polar surface area (TPSA) is 54.4 Å². The van der Waals surface area contributed by atoms with Crippen molar-refractivity contribution in [3.05, 3.63) is 0 Å². The second-order valence-electron chi connectivity index (χ2n) is 8.36. The molecule has 4 aliphatic rings. The van der Waals surface area contributed by atoms with Gasteiger partial charge in [0.05, 0.1) is 6.10 Å². The van der Waals surface area contributed by atoms with E-state index in [1.54, 1.807) is 0 Å². The standard InChI is InChI=1S/C19H28O3/c1-18-8-7-12(20)9-11(18)3-4-13-14-5-6-16(22)19(14,2)10-15(21)17(13)18/h11-14,17,20H,3-10H2,1-2H3/t11-,12-,13+,14+,17-,18+,19+/m1/s1/i7D2,9D2. The van der Waals surface area contributed by atoms with Gasteiger partial charge in [0.25, 0.3) is 0 Å². The van der Waals surface area contributed by atoms with Gasteiger partial charge in [-0.2, -0.15) is 0 Å². The van der Waals surface area contributed by atoms with Crippen LogP contribution in [0.15, 0.2) is 0 Å². The third-order valence-electron chi connectivity index (χ3n) is 7.30. The van der Waals surface area contributed by atoms with Gasteiger partial charge in [0.15, 0.2) is 0 Å². The monoisotopic (exact) mass is 308 g/mol. The summed E-state index contributed by atoms with van der Waals surface area (Å²) in [6.07, 6.45) is -3.10. The van der Waals surface area contributed by atoms with Gasteiger partial charge >= 0.3 is 0 Å². The van der Waals surface area contributed by atoms with Gasteiger partial charge in [0, 0.05) is 29.7 Å². The molecule has 4 rings (SSSR count). The maximum absolute atomic E-state index is 13.2.